The van der Waals surface area contributed by atoms with E-state index in [2.05, 4.69) is 168 Å². The van der Waals surface area contributed by atoms with E-state index in [0.717, 1.165) is 49.9 Å². The van der Waals surface area contributed by atoms with Gasteiger partial charge in [0.15, 0.2) is 17.5 Å². The van der Waals surface area contributed by atoms with Crippen molar-refractivity contribution in [3.63, 3.8) is 0 Å². The fourth-order valence-electron chi connectivity index (χ4n) is 7.11. The molecule has 0 bridgehead atoms. The van der Waals surface area contributed by atoms with Crippen molar-refractivity contribution in [2.45, 2.75) is 0 Å². The summed E-state index contributed by atoms with van der Waals surface area (Å²) in [5.41, 5.74) is 8.61. The van der Waals surface area contributed by atoms with Crippen LogP contribution >= 0.6 is 11.3 Å². The van der Waals surface area contributed by atoms with Crippen LogP contribution in [-0.4, -0.2) is 19.5 Å². The Labute approximate surface area is 292 Å². The molecule has 234 valence electrons. The molecule has 0 radical (unpaired) electrons. The number of fused-ring (bicyclic) bond motifs is 6. The van der Waals surface area contributed by atoms with Crippen molar-refractivity contribution in [1.29, 1.82) is 0 Å². The predicted molar refractivity (Wildman–Crippen MR) is 209 cm³/mol. The van der Waals surface area contributed by atoms with Crippen LogP contribution < -0.4 is 0 Å². The molecule has 3 heterocycles. The number of benzene rings is 7. The molecule has 0 aliphatic rings. The van der Waals surface area contributed by atoms with Gasteiger partial charge in [0.25, 0.3) is 0 Å². The van der Waals surface area contributed by atoms with Gasteiger partial charge in [-0.05, 0) is 65.7 Å². The van der Waals surface area contributed by atoms with Crippen molar-refractivity contribution in [1.82, 2.24) is 19.5 Å². The Hall–Kier alpha value is -6.43. The summed E-state index contributed by atoms with van der Waals surface area (Å²) in [6.07, 6.45) is 0. The van der Waals surface area contributed by atoms with Gasteiger partial charge in [-0.3, -0.25) is 0 Å². The number of aromatic nitrogens is 4. The predicted octanol–water partition coefficient (Wildman–Crippen LogP) is 12.0. The zero-order chi connectivity index (χ0) is 33.0. The van der Waals surface area contributed by atoms with Gasteiger partial charge in [-0.15, -0.1) is 11.3 Å². The maximum atomic E-state index is 5.23. The molecule has 3 aromatic heterocycles. The number of rotatable bonds is 5. The fraction of sp³-hybridized carbons (Fsp3) is 0. The van der Waals surface area contributed by atoms with Crippen molar-refractivity contribution < 1.29 is 0 Å². The van der Waals surface area contributed by atoms with E-state index < -0.39 is 0 Å². The van der Waals surface area contributed by atoms with Crippen LogP contribution in [0.15, 0.2) is 170 Å². The zero-order valence-corrected chi connectivity index (χ0v) is 27.7. The molecule has 0 atom stereocenters. The number of para-hydroxylation sites is 2. The minimum absolute atomic E-state index is 0.645. The third-order valence-electron chi connectivity index (χ3n) is 9.45. The summed E-state index contributed by atoms with van der Waals surface area (Å²) >= 11 is 1.79. The Morgan fingerprint density at radius 2 is 0.980 bits per heavy atom. The molecule has 0 N–H and O–H groups in total. The Morgan fingerprint density at radius 3 is 1.82 bits per heavy atom. The molecule has 0 amide bonds. The SMILES string of the molecule is c1ccc(-c2cccc(-c3nc(-c4ccc5c(c4)c4ccccc4n5-c4ccccc4)nc(-c4cccc5c4sc4ccccc45)n3)c2)cc1. The largest absolute Gasteiger partial charge is 0.309 e. The molecule has 7 aromatic carbocycles. The van der Waals surface area contributed by atoms with Crippen LogP contribution in [0.4, 0.5) is 0 Å². The van der Waals surface area contributed by atoms with E-state index in [9.17, 15) is 0 Å². The second-order valence-corrected chi connectivity index (χ2v) is 13.5. The van der Waals surface area contributed by atoms with E-state index >= 15 is 0 Å². The second kappa shape index (κ2) is 11.6. The fourth-order valence-corrected chi connectivity index (χ4v) is 8.33. The Morgan fingerprint density at radius 1 is 0.380 bits per heavy atom. The maximum Gasteiger partial charge on any atom is 0.165 e. The van der Waals surface area contributed by atoms with Crippen LogP contribution in [0.1, 0.15) is 0 Å². The van der Waals surface area contributed by atoms with Crippen molar-refractivity contribution in [2.75, 3.05) is 0 Å². The van der Waals surface area contributed by atoms with Gasteiger partial charge in [-0.2, -0.15) is 0 Å². The molecule has 0 aliphatic heterocycles. The van der Waals surface area contributed by atoms with Crippen molar-refractivity contribution in [3.05, 3.63) is 170 Å². The molecule has 10 aromatic rings. The summed E-state index contributed by atoms with van der Waals surface area (Å²) in [6, 6.07) is 59.6. The number of thiophene rings is 1. The highest BCUT2D eigenvalue weighted by atomic mass is 32.1. The lowest BCUT2D eigenvalue weighted by Gasteiger charge is -2.11. The van der Waals surface area contributed by atoms with Crippen molar-refractivity contribution >= 4 is 53.3 Å². The molecule has 0 saturated carbocycles. The smallest absolute Gasteiger partial charge is 0.165 e. The topological polar surface area (TPSA) is 43.6 Å². The molecule has 50 heavy (non-hydrogen) atoms. The van der Waals surface area contributed by atoms with E-state index in [1.165, 1.54) is 25.6 Å². The summed E-state index contributed by atoms with van der Waals surface area (Å²) in [6.45, 7) is 0. The highest BCUT2D eigenvalue weighted by Crippen LogP contribution is 2.40. The van der Waals surface area contributed by atoms with Crippen LogP contribution in [0.2, 0.25) is 0 Å². The van der Waals surface area contributed by atoms with E-state index in [-0.39, 0.29) is 0 Å². The molecular weight excluding hydrogens is 629 g/mol. The van der Waals surface area contributed by atoms with Gasteiger partial charge < -0.3 is 4.57 Å². The highest BCUT2D eigenvalue weighted by Gasteiger charge is 2.19. The van der Waals surface area contributed by atoms with Crippen molar-refractivity contribution in [2.24, 2.45) is 0 Å². The molecule has 0 spiro atoms. The Kier molecular flexibility index (Phi) is 6.64. The third kappa shape index (κ3) is 4.71. The molecule has 0 aliphatic carbocycles. The van der Waals surface area contributed by atoms with Gasteiger partial charge in [0, 0.05) is 53.3 Å². The first kappa shape index (κ1) is 28.6. The molecule has 4 nitrogen and oxygen atoms in total. The minimum atomic E-state index is 0.645. The summed E-state index contributed by atoms with van der Waals surface area (Å²) in [5, 5.41) is 4.81. The van der Waals surface area contributed by atoms with Gasteiger partial charge in [-0.25, -0.2) is 15.0 Å². The van der Waals surface area contributed by atoms with E-state index in [1.54, 1.807) is 11.3 Å². The summed E-state index contributed by atoms with van der Waals surface area (Å²) in [5.74, 6) is 1.96. The lowest BCUT2D eigenvalue weighted by Crippen LogP contribution is -2.00. The standard InChI is InChI=1S/C45H28N4S/c1-3-13-29(14-4-1)30-15-11-16-31(27-30)43-46-44(48-45(47-43)37-22-12-21-36-35-20-8-10-24-41(35)50-42(36)37)32-25-26-40-38(28-32)34-19-7-9-23-39(34)49(40)33-17-5-2-6-18-33/h1-28H. The third-order valence-corrected chi connectivity index (χ3v) is 10.7. The Bertz CT molecular complexity index is 2870. The maximum absolute atomic E-state index is 5.23. The van der Waals surface area contributed by atoms with Gasteiger partial charge in [0.05, 0.1) is 11.0 Å². The first-order valence-corrected chi connectivity index (χ1v) is 17.5. The van der Waals surface area contributed by atoms with Gasteiger partial charge in [0.2, 0.25) is 0 Å². The molecule has 0 unspecified atom stereocenters. The molecule has 5 heteroatoms. The van der Waals surface area contributed by atoms with E-state index in [1.807, 2.05) is 6.07 Å². The van der Waals surface area contributed by atoms with Crippen LogP contribution in [0, 0.1) is 0 Å². The summed E-state index contributed by atoms with van der Waals surface area (Å²) < 4.78 is 4.76. The summed E-state index contributed by atoms with van der Waals surface area (Å²) in [7, 11) is 0. The molecule has 10 rings (SSSR count). The molecule has 0 fully saturated rings. The normalized spacial score (nSPS) is 11.6. The first-order chi connectivity index (χ1) is 24.8. The van der Waals surface area contributed by atoms with Crippen LogP contribution in [0.3, 0.4) is 0 Å². The minimum Gasteiger partial charge on any atom is -0.309 e. The number of hydrogen-bond donors (Lipinski definition) is 0. The van der Waals surface area contributed by atoms with Gasteiger partial charge in [-0.1, -0.05) is 115 Å². The second-order valence-electron chi connectivity index (χ2n) is 12.5. The quantitative estimate of drug-likeness (QED) is 0.185. The van der Waals surface area contributed by atoms with Crippen LogP contribution in [0.25, 0.3) is 93.0 Å². The van der Waals surface area contributed by atoms with Crippen LogP contribution in [0.5, 0.6) is 0 Å². The first-order valence-electron chi connectivity index (χ1n) is 16.7. The van der Waals surface area contributed by atoms with Crippen molar-refractivity contribution in [3.8, 4) is 51.0 Å². The van der Waals surface area contributed by atoms with E-state index in [4.69, 9.17) is 15.0 Å². The van der Waals surface area contributed by atoms with Gasteiger partial charge >= 0.3 is 0 Å². The lowest BCUT2D eigenvalue weighted by atomic mass is 10.0. The lowest BCUT2D eigenvalue weighted by molar-refractivity contribution is 1.08. The average Bonchev–Trinajstić information content (AvgIpc) is 3.74. The molecule has 0 saturated heterocycles. The van der Waals surface area contributed by atoms with Gasteiger partial charge in [0.1, 0.15) is 0 Å². The monoisotopic (exact) mass is 656 g/mol. The van der Waals surface area contributed by atoms with Crippen LogP contribution in [-0.2, 0) is 0 Å². The number of hydrogen-bond acceptors (Lipinski definition) is 4. The van der Waals surface area contributed by atoms with E-state index in [0.29, 0.717) is 17.5 Å². The Balaban J connectivity index is 1.21. The zero-order valence-electron chi connectivity index (χ0n) is 26.9. The average molecular weight is 657 g/mol. The summed E-state index contributed by atoms with van der Waals surface area (Å²) in [4.78, 5) is 15.6. The molecular formula is C45H28N4S. The highest BCUT2D eigenvalue weighted by molar-refractivity contribution is 7.26. The number of nitrogens with zero attached hydrogens (tertiary/aromatic N) is 4.